The van der Waals surface area contributed by atoms with Crippen molar-refractivity contribution >= 4 is 17.2 Å². The third-order valence-electron chi connectivity index (χ3n) is 4.93. The molecule has 1 atom stereocenters. The molecule has 8 nitrogen and oxygen atoms in total. The van der Waals surface area contributed by atoms with Crippen LogP contribution in [0.3, 0.4) is 0 Å². The Bertz CT molecular complexity index is 913. The van der Waals surface area contributed by atoms with E-state index in [1.807, 2.05) is 25.1 Å². The molecule has 31 heavy (non-hydrogen) atoms. The van der Waals surface area contributed by atoms with Gasteiger partial charge in [0, 0.05) is 31.8 Å². The average Bonchev–Trinajstić information content (AvgIpc) is 2.81. The zero-order chi connectivity index (χ0) is 22.1. The highest BCUT2D eigenvalue weighted by atomic mass is 16.6. The average molecular weight is 425 g/mol. The minimum atomic E-state index is -0.788. The van der Waals surface area contributed by atoms with Crippen LogP contribution in [0.25, 0.3) is 5.57 Å². The fourth-order valence-electron chi connectivity index (χ4n) is 3.30. The van der Waals surface area contributed by atoms with Crippen LogP contribution >= 0.6 is 0 Å². The first-order valence-electron chi connectivity index (χ1n) is 10.4. The number of aliphatic imine (C=N–C) groups is 1. The van der Waals surface area contributed by atoms with Crippen LogP contribution in [0.2, 0.25) is 0 Å². The molecule has 1 unspecified atom stereocenters. The van der Waals surface area contributed by atoms with Gasteiger partial charge in [0.1, 0.15) is 18.5 Å². The molecule has 2 aromatic rings. The van der Waals surface area contributed by atoms with Crippen LogP contribution in [0.1, 0.15) is 18.9 Å². The van der Waals surface area contributed by atoms with Gasteiger partial charge in [-0.05, 0) is 36.6 Å². The Balaban J connectivity index is 1.53. The predicted octanol–water partition coefficient (Wildman–Crippen LogP) is 3.09. The Morgan fingerprint density at radius 2 is 2.00 bits per heavy atom. The molecule has 164 valence electrons. The van der Waals surface area contributed by atoms with Gasteiger partial charge in [-0.25, -0.2) is 0 Å². The van der Waals surface area contributed by atoms with Crippen molar-refractivity contribution in [1.82, 2.24) is 10.2 Å². The summed E-state index contributed by atoms with van der Waals surface area (Å²) in [5, 5.41) is 24.2. The van der Waals surface area contributed by atoms with Gasteiger partial charge in [0.15, 0.2) is 5.96 Å². The summed E-state index contributed by atoms with van der Waals surface area (Å²) in [6.07, 6.45) is 2.36. The monoisotopic (exact) mass is 424 g/mol. The van der Waals surface area contributed by atoms with E-state index in [9.17, 15) is 15.2 Å². The third-order valence-corrected chi connectivity index (χ3v) is 4.93. The molecule has 0 saturated carbocycles. The van der Waals surface area contributed by atoms with Gasteiger partial charge in [0.2, 0.25) is 0 Å². The maximum absolute atomic E-state index is 10.7. The van der Waals surface area contributed by atoms with Crippen molar-refractivity contribution < 1.29 is 14.8 Å². The second-order valence-electron chi connectivity index (χ2n) is 7.20. The molecular weight excluding hydrogens is 396 g/mol. The summed E-state index contributed by atoms with van der Waals surface area (Å²) in [5.41, 5.74) is 2.59. The van der Waals surface area contributed by atoms with E-state index in [0.717, 1.165) is 32.0 Å². The lowest BCUT2D eigenvalue weighted by molar-refractivity contribution is -0.384. The first kappa shape index (κ1) is 22.3. The maximum Gasteiger partial charge on any atom is 0.269 e. The van der Waals surface area contributed by atoms with E-state index in [1.54, 1.807) is 0 Å². The molecule has 8 heteroatoms. The second kappa shape index (κ2) is 11.1. The summed E-state index contributed by atoms with van der Waals surface area (Å²) in [5.74, 6) is 1.23. The number of hydrogen-bond acceptors (Lipinski definition) is 5. The number of ether oxygens (including phenoxy) is 1. The van der Waals surface area contributed by atoms with Gasteiger partial charge in [0.05, 0.1) is 11.5 Å². The van der Waals surface area contributed by atoms with Crippen LogP contribution in [-0.4, -0.2) is 59.8 Å². The van der Waals surface area contributed by atoms with E-state index in [1.165, 1.54) is 35.4 Å². The number of aliphatic hydroxyl groups excluding tert-OH is 1. The van der Waals surface area contributed by atoms with Gasteiger partial charge in [-0.2, -0.15) is 0 Å². The van der Waals surface area contributed by atoms with Crippen LogP contribution in [0.15, 0.2) is 65.7 Å². The van der Waals surface area contributed by atoms with Crippen molar-refractivity contribution in [3.8, 4) is 5.75 Å². The summed E-state index contributed by atoms with van der Waals surface area (Å²) < 4.78 is 5.52. The van der Waals surface area contributed by atoms with Gasteiger partial charge < -0.3 is 20.1 Å². The summed E-state index contributed by atoms with van der Waals surface area (Å²) in [4.78, 5) is 17.0. The Morgan fingerprint density at radius 3 is 2.61 bits per heavy atom. The predicted molar refractivity (Wildman–Crippen MR) is 121 cm³/mol. The number of rotatable bonds is 8. The number of hydrogen-bond donors (Lipinski definition) is 2. The van der Waals surface area contributed by atoms with E-state index in [0.29, 0.717) is 5.75 Å². The Hall–Kier alpha value is -3.39. The number of benzene rings is 2. The molecule has 0 bridgehead atoms. The van der Waals surface area contributed by atoms with Gasteiger partial charge >= 0.3 is 0 Å². The SMILES string of the molecule is CCNC(=NCC(O)COc1ccc([N+](=O)[O-])cc1)N1CC=C(c2ccccc2)CC1. The molecule has 0 amide bonds. The van der Waals surface area contributed by atoms with Crippen LogP contribution in [0.5, 0.6) is 5.75 Å². The Kier molecular flexibility index (Phi) is 8.00. The molecule has 0 saturated heterocycles. The maximum atomic E-state index is 10.7. The lowest BCUT2D eigenvalue weighted by Gasteiger charge is -2.30. The number of nitro benzene ring substituents is 1. The van der Waals surface area contributed by atoms with Gasteiger partial charge in [-0.3, -0.25) is 15.1 Å². The molecule has 2 N–H and O–H groups in total. The van der Waals surface area contributed by atoms with Crippen molar-refractivity contribution in [2.75, 3.05) is 32.8 Å². The molecule has 1 aliphatic heterocycles. The van der Waals surface area contributed by atoms with E-state index < -0.39 is 11.0 Å². The molecule has 2 aromatic carbocycles. The van der Waals surface area contributed by atoms with Crippen molar-refractivity contribution in [1.29, 1.82) is 0 Å². The summed E-state index contributed by atoms with van der Waals surface area (Å²) in [6.45, 7) is 4.60. The number of nitro groups is 1. The van der Waals surface area contributed by atoms with Crippen LogP contribution in [0, 0.1) is 10.1 Å². The Labute approximate surface area is 182 Å². The molecule has 0 radical (unpaired) electrons. The topological polar surface area (TPSA) is 100 Å². The number of aliphatic hydroxyl groups is 1. The fraction of sp³-hybridized carbons (Fsp3) is 0.348. The number of non-ortho nitro benzene ring substituents is 1. The minimum absolute atomic E-state index is 0.00113. The van der Waals surface area contributed by atoms with Gasteiger partial charge in [-0.15, -0.1) is 0 Å². The molecular formula is C23H28N4O4. The number of guanidine groups is 1. The van der Waals surface area contributed by atoms with Crippen molar-refractivity contribution in [3.05, 3.63) is 76.4 Å². The van der Waals surface area contributed by atoms with Gasteiger partial charge in [-0.1, -0.05) is 36.4 Å². The lowest BCUT2D eigenvalue weighted by Crippen LogP contribution is -2.44. The van der Waals surface area contributed by atoms with Crippen LogP contribution in [0.4, 0.5) is 5.69 Å². The number of nitrogens with zero attached hydrogens (tertiary/aromatic N) is 3. The zero-order valence-corrected chi connectivity index (χ0v) is 17.6. The first-order valence-corrected chi connectivity index (χ1v) is 10.4. The smallest absolute Gasteiger partial charge is 0.269 e. The normalized spacial score (nSPS) is 15.2. The zero-order valence-electron chi connectivity index (χ0n) is 17.6. The highest BCUT2D eigenvalue weighted by Crippen LogP contribution is 2.22. The lowest BCUT2D eigenvalue weighted by atomic mass is 10.00. The molecule has 3 rings (SSSR count). The van der Waals surface area contributed by atoms with E-state index >= 15 is 0 Å². The summed E-state index contributed by atoms with van der Waals surface area (Å²) in [7, 11) is 0. The quantitative estimate of drug-likeness (QED) is 0.292. The molecule has 0 fully saturated rings. The van der Waals surface area contributed by atoms with Crippen molar-refractivity contribution in [2.24, 2.45) is 4.99 Å². The molecule has 1 heterocycles. The molecule has 0 spiro atoms. The molecule has 0 aromatic heterocycles. The highest BCUT2D eigenvalue weighted by Gasteiger charge is 2.17. The standard InChI is InChI=1S/C23H28N4O4/c1-2-24-23(26-14-12-19(13-15-26)18-6-4-3-5-7-18)25-16-21(28)17-31-22-10-8-20(9-11-22)27(29)30/h3-12,21,28H,2,13-17H2,1H3,(H,24,25). The minimum Gasteiger partial charge on any atom is -0.491 e. The van der Waals surface area contributed by atoms with Crippen molar-refractivity contribution in [3.63, 3.8) is 0 Å². The first-order chi connectivity index (χ1) is 15.1. The molecule has 1 aliphatic rings. The van der Waals surface area contributed by atoms with Gasteiger partial charge in [0.25, 0.3) is 5.69 Å². The fourth-order valence-corrected chi connectivity index (χ4v) is 3.30. The van der Waals surface area contributed by atoms with Crippen LogP contribution < -0.4 is 10.1 Å². The third kappa shape index (κ3) is 6.55. The van der Waals surface area contributed by atoms with Crippen molar-refractivity contribution in [2.45, 2.75) is 19.4 Å². The van der Waals surface area contributed by atoms with E-state index in [-0.39, 0.29) is 18.8 Å². The van der Waals surface area contributed by atoms with Crippen LogP contribution in [-0.2, 0) is 0 Å². The van der Waals surface area contributed by atoms with E-state index in [4.69, 9.17) is 4.74 Å². The highest BCUT2D eigenvalue weighted by molar-refractivity contribution is 5.81. The summed E-state index contributed by atoms with van der Waals surface area (Å²) in [6, 6.07) is 16.1. The molecule has 0 aliphatic carbocycles. The van der Waals surface area contributed by atoms with E-state index in [2.05, 4.69) is 33.4 Å². The Morgan fingerprint density at radius 1 is 1.26 bits per heavy atom. The summed E-state index contributed by atoms with van der Waals surface area (Å²) >= 11 is 0. The number of nitrogens with one attached hydrogen (secondary N) is 1. The largest absolute Gasteiger partial charge is 0.491 e. The second-order valence-corrected chi connectivity index (χ2v) is 7.20.